The van der Waals surface area contributed by atoms with Gasteiger partial charge in [0.15, 0.2) is 5.82 Å². The molecule has 0 aliphatic carbocycles. The zero-order valence-corrected chi connectivity index (χ0v) is 12.1. The molecule has 0 bridgehead atoms. The van der Waals surface area contributed by atoms with E-state index in [1.165, 1.54) is 5.56 Å². The highest BCUT2D eigenvalue weighted by Crippen LogP contribution is 2.19. The van der Waals surface area contributed by atoms with Crippen LogP contribution in [0.2, 0.25) is 0 Å². The molecule has 4 heteroatoms. The van der Waals surface area contributed by atoms with Gasteiger partial charge in [-0.15, -0.1) is 5.10 Å². The van der Waals surface area contributed by atoms with Crippen molar-refractivity contribution < 1.29 is 5.11 Å². The molecule has 0 spiro atoms. The van der Waals surface area contributed by atoms with Crippen LogP contribution in [-0.4, -0.2) is 19.9 Å². The van der Waals surface area contributed by atoms with Crippen molar-refractivity contribution in [2.75, 3.05) is 0 Å². The lowest BCUT2D eigenvalue weighted by Gasteiger charge is -2.04. The van der Waals surface area contributed by atoms with Crippen molar-refractivity contribution in [3.05, 3.63) is 66.0 Å². The minimum Gasteiger partial charge on any atom is -0.389 e. The molecule has 21 heavy (non-hydrogen) atoms. The van der Waals surface area contributed by atoms with E-state index in [0.717, 1.165) is 16.8 Å². The normalized spacial score (nSPS) is 12.3. The summed E-state index contributed by atoms with van der Waals surface area (Å²) in [5.74, 6) is 0.674. The summed E-state index contributed by atoms with van der Waals surface area (Å²) in [7, 11) is 0. The van der Waals surface area contributed by atoms with E-state index >= 15 is 0 Å². The Morgan fingerprint density at radius 2 is 1.67 bits per heavy atom. The first-order valence-electron chi connectivity index (χ1n) is 6.90. The molecule has 3 rings (SSSR count). The molecule has 2 aromatic carbocycles. The fourth-order valence-corrected chi connectivity index (χ4v) is 2.13. The van der Waals surface area contributed by atoms with E-state index in [2.05, 4.69) is 17.0 Å². The summed E-state index contributed by atoms with van der Waals surface area (Å²) in [5, 5.41) is 14.0. The van der Waals surface area contributed by atoms with Crippen molar-refractivity contribution >= 4 is 0 Å². The van der Waals surface area contributed by atoms with Crippen LogP contribution in [-0.2, 0) is 0 Å². The van der Waals surface area contributed by atoms with E-state index in [0.29, 0.717) is 5.82 Å². The van der Waals surface area contributed by atoms with Gasteiger partial charge in [-0.1, -0.05) is 42.0 Å². The predicted molar refractivity (Wildman–Crippen MR) is 82.2 cm³/mol. The second-order valence-corrected chi connectivity index (χ2v) is 5.15. The lowest BCUT2D eigenvalue weighted by molar-refractivity contribution is 0.199. The molecule has 1 aromatic heterocycles. The number of rotatable bonds is 3. The van der Waals surface area contributed by atoms with Gasteiger partial charge in [0.2, 0.25) is 0 Å². The first-order chi connectivity index (χ1) is 10.1. The van der Waals surface area contributed by atoms with Gasteiger partial charge in [0, 0.05) is 5.56 Å². The van der Waals surface area contributed by atoms with Gasteiger partial charge in [0.1, 0.15) is 6.33 Å². The summed E-state index contributed by atoms with van der Waals surface area (Å²) < 4.78 is 1.76. The molecule has 0 saturated heterocycles. The number of nitrogens with zero attached hydrogens (tertiary/aromatic N) is 3. The van der Waals surface area contributed by atoms with Crippen molar-refractivity contribution in [1.29, 1.82) is 0 Å². The van der Waals surface area contributed by atoms with Gasteiger partial charge in [0.05, 0.1) is 11.8 Å². The van der Waals surface area contributed by atoms with E-state index < -0.39 is 6.10 Å². The van der Waals surface area contributed by atoms with Crippen LogP contribution >= 0.6 is 0 Å². The Labute approximate surface area is 123 Å². The molecule has 3 aromatic rings. The number of hydrogen-bond donors (Lipinski definition) is 1. The molecular formula is C17H17N3O. The van der Waals surface area contributed by atoms with Gasteiger partial charge >= 0.3 is 0 Å². The second kappa shape index (κ2) is 5.50. The van der Waals surface area contributed by atoms with E-state index in [9.17, 15) is 5.11 Å². The minimum absolute atomic E-state index is 0.461. The highest BCUT2D eigenvalue weighted by atomic mass is 16.3. The third-order valence-corrected chi connectivity index (χ3v) is 3.44. The molecule has 1 N–H and O–H groups in total. The molecule has 0 fully saturated rings. The maximum absolute atomic E-state index is 9.52. The van der Waals surface area contributed by atoms with Crippen molar-refractivity contribution in [3.63, 3.8) is 0 Å². The monoisotopic (exact) mass is 279 g/mol. The third-order valence-electron chi connectivity index (χ3n) is 3.44. The molecule has 0 amide bonds. The number of aromatic nitrogens is 3. The van der Waals surface area contributed by atoms with Gasteiger partial charge < -0.3 is 5.11 Å². The van der Waals surface area contributed by atoms with Crippen LogP contribution < -0.4 is 0 Å². The first kappa shape index (κ1) is 13.5. The number of benzene rings is 2. The van der Waals surface area contributed by atoms with Crippen LogP contribution in [0.3, 0.4) is 0 Å². The van der Waals surface area contributed by atoms with Crippen molar-refractivity contribution in [1.82, 2.24) is 14.8 Å². The summed E-state index contributed by atoms with van der Waals surface area (Å²) in [4.78, 5) is 4.35. The van der Waals surface area contributed by atoms with Gasteiger partial charge in [-0.3, -0.25) is 0 Å². The Balaban J connectivity index is 1.89. The summed E-state index contributed by atoms with van der Waals surface area (Å²) in [6.45, 7) is 3.81. The van der Waals surface area contributed by atoms with E-state index in [1.807, 2.05) is 48.5 Å². The maximum Gasteiger partial charge on any atom is 0.181 e. The van der Waals surface area contributed by atoms with Gasteiger partial charge in [-0.05, 0) is 31.5 Å². The van der Waals surface area contributed by atoms with Crippen LogP contribution in [0.15, 0.2) is 54.9 Å². The molecule has 4 nitrogen and oxygen atoms in total. The molecule has 106 valence electrons. The Kier molecular flexibility index (Phi) is 3.54. The molecule has 0 aliphatic rings. The summed E-state index contributed by atoms with van der Waals surface area (Å²) in [6.07, 6.45) is 1.25. The Bertz CT molecular complexity index is 727. The van der Waals surface area contributed by atoms with Gasteiger partial charge in [-0.2, -0.15) is 0 Å². The molecule has 1 heterocycles. The second-order valence-electron chi connectivity index (χ2n) is 5.15. The standard InChI is InChI=1S/C17H17N3O/c1-12-3-9-16(10-4-12)20-11-18-17(19-20)15-7-5-14(6-8-15)13(2)21/h3-11,13,21H,1-2H3. The minimum atomic E-state index is -0.461. The lowest BCUT2D eigenvalue weighted by atomic mass is 10.1. The SMILES string of the molecule is Cc1ccc(-n2cnc(-c3ccc(C(C)O)cc3)n2)cc1. The van der Waals surface area contributed by atoms with Crippen LogP contribution in [0.4, 0.5) is 0 Å². The number of aliphatic hydroxyl groups is 1. The summed E-state index contributed by atoms with van der Waals surface area (Å²) in [5.41, 5.74) is 4.02. The average Bonchev–Trinajstić information content (AvgIpc) is 2.98. The predicted octanol–water partition coefficient (Wildman–Crippen LogP) is 3.30. The van der Waals surface area contributed by atoms with E-state index in [-0.39, 0.29) is 0 Å². The van der Waals surface area contributed by atoms with Gasteiger partial charge in [0.25, 0.3) is 0 Å². The molecule has 0 aliphatic heterocycles. The number of hydrogen-bond acceptors (Lipinski definition) is 3. The first-order valence-corrected chi connectivity index (χ1v) is 6.90. The van der Waals surface area contributed by atoms with E-state index in [1.54, 1.807) is 17.9 Å². The van der Waals surface area contributed by atoms with Crippen molar-refractivity contribution in [3.8, 4) is 17.1 Å². The van der Waals surface area contributed by atoms with Gasteiger partial charge in [-0.25, -0.2) is 9.67 Å². The van der Waals surface area contributed by atoms with Crippen LogP contribution in [0.1, 0.15) is 24.2 Å². The van der Waals surface area contributed by atoms with Crippen LogP contribution in [0.25, 0.3) is 17.1 Å². The topological polar surface area (TPSA) is 50.9 Å². The quantitative estimate of drug-likeness (QED) is 0.800. The molecule has 0 saturated carbocycles. The lowest BCUT2D eigenvalue weighted by Crippen LogP contribution is -1.95. The maximum atomic E-state index is 9.52. The third kappa shape index (κ3) is 2.85. The average molecular weight is 279 g/mol. The van der Waals surface area contributed by atoms with Crippen LogP contribution in [0.5, 0.6) is 0 Å². The van der Waals surface area contributed by atoms with Crippen molar-refractivity contribution in [2.45, 2.75) is 20.0 Å². The van der Waals surface area contributed by atoms with E-state index in [4.69, 9.17) is 0 Å². The molecule has 1 unspecified atom stereocenters. The smallest absolute Gasteiger partial charge is 0.181 e. The van der Waals surface area contributed by atoms with Crippen molar-refractivity contribution in [2.24, 2.45) is 0 Å². The zero-order chi connectivity index (χ0) is 14.8. The van der Waals surface area contributed by atoms with Crippen LogP contribution in [0, 0.1) is 6.92 Å². The fourth-order valence-electron chi connectivity index (χ4n) is 2.13. The summed E-state index contributed by atoms with van der Waals surface area (Å²) >= 11 is 0. The number of aliphatic hydroxyl groups excluding tert-OH is 1. The highest BCUT2D eigenvalue weighted by Gasteiger charge is 2.07. The summed E-state index contributed by atoms with van der Waals surface area (Å²) in [6, 6.07) is 15.8. The zero-order valence-electron chi connectivity index (χ0n) is 12.1. The number of aryl methyl sites for hydroxylation is 1. The highest BCUT2D eigenvalue weighted by molar-refractivity contribution is 5.55. The Morgan fingerprint density at radius 1 is 1.00 bits per heavy atom. The molecule has 1 atom stereocenters. The molecular weight excluding hydrogens is 262 g/mol. The Hall–Kier alpha value is -2.46. The fraction of sp³-hybridized carbons (Fsp3) is 0.176. The largest absolute Gasteiger partial charge is 0.389 e. The molecule has 0 radical (unpaired) electrons. The Morgan fingerprint density at radius 3 is 2.29 bits per heavy atom.